The fraction of sp³-hybridized carbons (Fsp3) is 0.588. The number of ether oxygens (including phenoxy) is 2. The summed E-state index contributed by atoms with van der Waals surface area (Å²) < 4.78 is 10.7. The Morgan fingerprint density at radius 1 is 1.33 bits per heavy atom. The highest BCUT2D eigenvalue weighted by atomic mass is 16.5. The average molecular weight is 293 g/mol. The van der Waals surface area contributed by atoms with Gasteiger partial charge in [0, 0.05) is 6.42 Å². The molecular formula is C17H27NO3. The first kappa shape index (κ1) is 17.5. The van der Waals surface area contributed by atoms with E-state index in [1.165, 1.54) is 11.1 Å². The van der Waals surface area contributed by atoms with Gasteiger partial charge in [0.15, 0.2) is 0 Å². The molecule has 118 valence electrons. The zero-order valence-corrected chi connectivity index (χ0v) is 13.7. The fourth-order valence-corrected chi connectivity index (χ4v) is 2.30. The van der Waals surface area contributed by atoms with Crippen LogP contribution < -0.4 is 10.1 Å². The molecule has 0 fully saturated rings. The molecule has 1 unspecified atom stereocenters. The number of hydrogen-bond donors (Lipinski definition) is 1. The van der Waals surface area contributed by atoms with Gasteiger partial charge in [0.2, 0.25) is 0 Å². The highest BCUT2D eigenvalue weighted by Gasteiger charge is 2.17. The lowest BCUT2D eigenvalue weighted by atomic mass is 9.98. The third kappa shape index (κ3) is 5.38. The molecule has 0 heterocycles. The lowest BCUT2D eigenvalue weighted by Gasteiger charge is -2.16. The van der Waals surface area contributed by atoms with Crippen LogP contribution in [0.4, 0.5) is 0 Å². The van der Waals surface area contributed by atoms with E-state index in [1.54, 1.807) is 14.0 Å². The first-order valence-electron chi connectivity index (χ1n) is 7.56. The van der Waals surface area contributed by atoms with E-state index < -0.39 is 0 Å². The summed E-state index contributed by atoms with van der Waals surface area (Å²) in [5, 5.41) is 2.95. The molecule has 0 aromatic heterocycles. The van der Waals surface area contributed by atoms with Crippen LogP contribution in [0.2, 0.25) is 0 Å². The largest absolute Gasteiger partial charge is 0.494 e. The van der Waals surface area contributed by atoms with E-state index in [0.29, 0.717) is 25.6 Å². The summed E-state index contributed by atoms with van der Waals surface area (Å²) in [6.45, 7) is 9.13. The van der Waals surface area contributed by atoms with Crippen LogP contribution in [0.5, 0.6) is 5.75 Å². The Bertz CT molecular complexity index is 457. The fourth-order valence-electron chi connectivity index (χ4n) is 2.30. The lowest BCUT2D eigenvalue weighted by Crippen LogP contribution is -2.36. The number of likely N-dealkylation sites (N-methyl/N-ethyl adjacent to an activating group) is 1. The Balaban J connectivity index is 2.52. The lowest BCUT2D eigenvalue weighted by molar-refractivity contribution is -0.145. The Morgan fingerprint density at radius 3 is 2.57 bits per heavy atom. The van der Waals surface area contributed by atoms with Gasteiger partial charge in [-0.05, 0) is 50.1 Å². The van der Waals surface area contributed by atoms with Crippen LogP contribution in [-0.4, -0.2) is 32.3 Å². The molecule has 0 radical (unpaired) electrons. The number of esters is 1. The SMILES string of the molecule is CCOC(=O)C(CCOc1ccc(C(C)C)c(C)c1)NC. The Hall–Kier alpha value is -1.55. The molecule has 1 aromatic carbocycles. The van der Waals surface area contributed by atoms with Crippen molar-refractivity contribution in [1.29, 1.82) is 0 Å². The highest BCUT2D eigenvalue weighted by Crippen LogP contribution is 2.23. The molecule has 21 heavy (non-hydrogen) atoms. The Kier molecular flexibility index (Phi) is 7.23. The minimum absolute atomic E-state index is 0.227. The molecule has 1 aromatic rings. The van der Waals surface area contributed by atoms with Gasteiger partial charge in [-0.2, -0.15) is 0 Å². The molecule has 1 atom stereocenters. The highest BCUT2D eigenvalue weighted by molar-refractivity contribution is 5.75. The second-order valence-electron chi connectivity index (χ2n) is 5.40. The van der Waals surface area contributed by atoms with Gasteiger partial charge < -0.3 is 14.8 Å². The summed E-state index contributed by atoms with van der Waals surface area (Å²) in [4.78, 5) is 11.7. The van der Waals surface area contributed by atoms with Gasteiger partial charge in [0.1, 0.15) is 11.8 Å². The summed E-state index contributed by atoms with van der Waals surface area (Å²) in [6.07, 6.45) is 0.584. The topological polar surface area (TPSA) is 47.6 Å². The number of hydrogen-bond acceptors (Lipinski definition) is 4. The van der Waals surface area contributed by atoms with Crippen molar-refractivity contribution in [3.05, 3.63) is 29.3 Å². The van der Waals surface area contributed by atoms with E-state index in [4.69, 9.17) is 9.47 Å². The molecule has 0 aliphatic rings. The minimum atomic E-state index is -0.319. The summed E-state index contributed by atoms with van der Waals surface area (Å²) in [5.74, 6) is 1.13. The smallest absolute Gasteiger partial charge is 0.323 e. The summed E-state index contributed by atoms with van der Waals surface area (Å²) in [7, 11) is 1.75. The second-order valence-corrected chi connectivity index (χ2v) is 5.40. The number of rotatable bonds is 8. The molecule has 0 spiro atoms. The van der Waals surface area contributed by atoms with Crippen LogP contribution in [0.3, 0.4) is 0 Å². The van der Waals surface area contributed by atoms with Crippen molar-refractivity contribution in [3.8, 4) is 5.75 Å². The van der Waals surface area contributed by atoms with Crippen LogP contribution in [-0.2, 0) is 9.53 Å². The van der Waals surface area contributed by atoms with Crippen molar-refractivity contribution in [2.75, 3.05) is 20.3 Å². The number of aryl methyl sites for hydroxylation is 1. The van der Waals surface area contributed by atoms with Gasteiger partial charge >= 0.3 is 5.97 Å². The predicted molar refractivity (Wildman–Crippen MR) is 84.9 cm³/mol. The molecule has 1 rings (SSSR count). The van der Waals surface area contributed by atoms with Crippen molar-refractivity contribution >= 4 is 5.97 Å². The van der Waals surface area contributed by atoms with E-state index in [2.05, 4.69) is 32.2 Å². The standard InChI is InChI=1S/C17H27NO3/c1-6-20-17(19)16(18-5)9-10-21-14-7-8-15(12(2)3)13(4)11-14/h7-8,11-12,16,18H,6,9-10H2,1-5H3. The van der Waals surface area contributed by atoms with Crippen LogP contribution in [0, 0.1) is 6.92 Å². The zero-order chi connectivity index (χ0) is 15.8. The molecule has 0 aliphatic heterocycles. The van der Waals surface area contributed by atoms with Gasteiger partial charge in [-0.1, -0.05) is 19.9 Å². The maximum atomic E-state index is 11.7. The number of carbonyl (C=O) groups is 1. The quantitative estimate of drug-likeness (QED) is 0.748. The molecule has 0 aliphatic carbocycles. The summed E-state index contributed by atoms with van der Waals surface area (Å²) >= 11 is 0. The van der Waals surface area contributed by atoms with E-state index in [-0.39, 0.29) is 12.0 Å². The zero-order valence-electron chi connectivity index (χ0n) is 13.7. The van der Waals surface area contributed by atoms with Crippen LogP contribution in [0.1, 0.15) is 44.2 Å². The molecule has 1 N–H and O–H groups in total. The van der Waals surface area contributed by atoms with Crippen molar-refractivity contribution in [2.45, 2.75) is 46.1 Å². The van der Waals surface area contributed by atoms with Gasteiger partial charge in [-0.25, -0.2) is 0 Å². The molecular weight excluding hydrogens is 266 g/mol. The normalized spacial score (nSPS) is 12.3. The monoisotopic (exact) mass is 293 g/mol. The molecule has 4 nitrogen and oxygen atoms in total. The van der Waals surface area contributed by atoms with Crippen LogP contribution >= 0.6 is 0 Å². The number of carbonyl (C=O) groups excluding carboxylic acids is 1. The maximum Gasteiger partial charge on any atom is 0.323 e. The Labute approximate surface area is 127 Å². The molecule has 0 saturated heterocycles. The number of benzene rings is 1. The third-order valence-electron chi connectivity index (χ3n) is 3.46. The average Bonchev–Trinajstić information content (AvgIpc) is 2.43. The van der Waals surface area contributed by atoms with E-state index >= 15 is 0 Å². The van der Waals surface area contributed by atoms with Crippen molar-refractivity contribution in [1.82, 2.24) is 5.32 Å². The summed E-state index contributed by atoms with van der Waals surface area (Å²) in [6, 6.07) is 5.83. The van der Waals surface area contributed by atoms with Gasteiger partial charge in [-0.15, -0.1) is 0 Å². The minimum Gasteiger partial charge on any atom is -0.494 e. The Morgan fingerprint density at radius 2 is 2.05 bits per heavy atom. The van der Waals surface area contributed by atoms with Crippen molar-refractivity contribution in [3.63, 3.8) is 0 Å². The molecule has 0 saturated carbocycles. The van der Waals surface area contributed by atoms with E-state index in [9.17, 15) is 4.79 Å². The van der Waals surface area contributed by atoms with Crippen molar-refractivity contribution in [2.24, 2.45) is 0 Å². The van der Waals surface area contributed by atoms with Crippen LogP contribution in [0.25, 0.3) is 0 Å². The molecule has 0 amide bonds. The first-order chi connectivity index (χ1) is 9.99. The predicted octanol–water partition coefficient (Wildman–Crippen LogP) is 3.04. The first-order valence-corrected chi connectivity index (χ1v) is 7.56. The van der Waals surface area contributed by atoms with E-state index in [0.717, 1.165) is 5.75 Å². The van der Waals surface area contributed by atoms with Gasteiger partial charge in [-0.3, -0.25) is 4.79 Å². The third-order valence-corrected chi connectivity index (χ3v) is 3.46. The van der Waals surface area contributed by atoms with Crippen LogP contribution in [0.15, 0.2) is 18.2 Å². The second kappa shape index (κ2) is 8.67. The molecule has 0 bridgehead atoms. The molecule has 4 heteroatoms. The number of nitrogens with one attached hydrogen (secondary N) is 1. The van der Waals surface area contributed by atoms with Gasteiger partial charge in [0.05, 0.1) is 13.2 Å². The van der Waals surface area contributed by atoms with Crippen molar-refractivity contribution < 1.29 is 14.3 Å². The maximum absolute atomic E-state index is 11.7. The van der Waals surface area contributed by atoms with Gasteiger partial charge in [0.25, 0.3) is 0 Å². The summed E-state index contributed by atoms with van der Waals surface area (Å²) in [5.41, 5.74) is 2.57. The van der Waals surface area contributed by atoms with E-state index in [1.807, 2.05) is 12.1 Å².